The van der Waals surface area contributed by atoms with E-state index in [1.807, 2.05) is 16.8 Å². The summed E-state index contributed by atoms with van der Waals surface area (Å²) in [6.07, 6.45) is 2.03. The number of rotatable bonds is 6. The van der Waals surface area contributed by atoms with Gasteiger partial charge in [-0.05, 0) is 6.42 Å². The second-order valence-electron chi connectivity index (χ2n) is 5.21. The Kier molecular flexibility index (Phi) is 5.31. The number of ether oxygens (including phenoxy) is 1. The largest absolute Gasteiger partial charge is 0.378 e. The molecule has 0 bridgehead atoms. The van der Waals surface area contributed by atoms with Crippen molar-refractivity contribution in [2.75, 3.05) is 55.4 Å². The van der Waals surface area contributed by atoms with E-state index in [4.69, 9.17) is 10.5 Å². The SMILES string of the molecule is CCCCN(C)c1nc(N)c([N+](=O)[O-])c(N2CCOCC2)n1. The number of hydrogen-bond acceptors (Lipinski definition) is 8. The molecule has 1 aliphatic heterocycles. The number of hydrogen-bond donors (Lipinski definition) is 1. The highest BCUT2D eigenvalue weighted by molar-refractivity contribution is 5.71. The van der Waals surface area contributed by atoms with Gasteiger partial charge in [0.25, 0.3) is 0 Å². The molecule has 0 saturated carbocycles. The van der Waals surface area contributed by atoms with Crippen LogP contribution in [0, 0.1) is 10.1 Å². The fraction of sp³-hybridized carbons (Fsp3) is 0.692. The van der Waals surface area contributed by atoms with Gasteiger partial charge in [0.2, 0.25) is 17.6 Å². The minimum absolute atomic E-state index is 0.0974. The van der Waals surface area contributed by atoms with Crippen molar-refractivity contribution in [3.8, 4) is 0 Å². The molecular weight excluding hydrogens is 288 g/mol. The number of morpholine rings is 1. The predicted molar refractivity (Wildman–Crippen MR) is 84.3 cm³/mol. The van der Waals surface area contributed by atoms with E-state index in [1.165, 1.54) is 0 Å². The molecule has 0 spiro atoms. The summed E-state index contributed by atoms with van der Waals surface area (Å²) in [5.41, 5.74) is 5.59. The summed E-state index contributed by atoms with van der Waals surface area (Å²) in [7, 11) is 1.86. The molecule has 0 radical (unpaired) electrons. The lowest BCUT2D eigenvalue weighted by molar-refractivity contribution is -0.383. The van der Waals surface area contributed by atoms with Crippen LogP contribution in [0.5, 0.6) is 0 Å². The first-order valence-electron chi connectivity index (χ1n) is 7.40. The Balaban J connectivity index is 2.38. The topological polar surface area (TPSA) is 111 Å². The highest BCUT2D eigenvalue weighted by Crippen LogP contribution is 2.33. The Bertz CT molecular complexity index is 533. The molecule has 0 aliphatic carbocycles. The van der Waals surface area contributed by atoms with Crippen LogP contribution in [0.1, 0.15) is 19.8 Å². The van der Waals surface area contributed by atoms with E-state index in [1.54, 1.807) is 0 Å². The monoisotopic (exact) mass is 310 g/mol. The van der Waals surface area contributed by atoms with Gasteiger partial charge in [0.15, 0.2) is 0 Å². The molecule has 1 saturated heterocycles. The summed E-state index contributed by atoms with van der Waals surface area (Å²) < 4.78 is 5.29. The standard InChI is InChI=1S/C13H22N6O3/c1-3-4-5-17(2)13-15-11(14)10(19(20)21)12(16-13)18-6-8-22-9-7-18/h3-9H2,1-2H3,(H2,14,15,16). The molecule has 9 nitrogen and oxygen atoms in total. The van der Waals surface area contributed by atoms with Crippen LogP contribution < -0.4 is 15.5 Å². The molecule has 9 heteroatoms. The quantitative estimate of drug-likeness (QED) is 0.613. The van der Waals surface area contributed by atoms with Gasteiger partial charge < -0.3 is 20.3 Å². The molecular formula is C13H22N6O3. The maximum absolute atomic E-state index is 11.3. The summed E-state index contributed by atoms with van der Waals surface area (Å²) in [5.74, 6) is 0.594. The normalized spacial score (nSPS) is 14.9. The Morgan fingerprint density at radius 1 is 1.41 bits per heavy atom. The smallest absolute Gasteiger partial charge is 0.353 e. The van der Waals surface area contributed by atoms with E-state index in [9.17, 15) is 10.1 Å². The predicted octanol–water partition coefficient (Wildman–Crippen LogP) is 1.04. The van der Waals surface area contributed by atoms with Crippen LogP contribution in [0.2, 0.25) is 0 Å². The van der Waals surface area contributed by atoms with E-state index < -0.39 is 4.92 Å². The minimum atomic E-state index is -0.518. The summed E-state index contributed by atoms with van der Waals surface area (Å²) in [6.45, 7) is 5.00. The first kappa shape index (κ1) is 16.2. The molecule has 0 atom stereocenters. The molecule has 22 heavy (non-hydrogen) atoms. The third-order valence-electron chi connectivity index (χ3n) is 3.56. The maximum atomic E-state index is 11.3. The molecule has 2 rings (SSSR count). The van der Waals surface area contributed by atoms with Gasteiger partial charge >= 0.3 is 5.69 Å². The van der Waals surface area contributed by atoms with Crippen molar-refractivity contribution in [2.24, 2.45) is 0 Å². The fourth-order valence-corrected chi connectivity index (χ4v) is 2.28. The fourth-order valence-electron chi connectivity index (χ4n) is 2.28. The summed E-state index contributed by atoms with van der Waals surface area (Å²) in [6, 6.07) is 0. The highest BCUT2D eigenvalue weighted by Gasteiger charge is 2.29. The highest BCUT2D eigenvalue weighted by atomic mass is 16.6. The minimum Gasteiger partial charge on any atom is -0.378 e. The third kappa shape index (κ3) is 3.53. The third-order valence-corrected chi connectivity index (χ3v) is 3.56. The molecule has 2 heterocycles. The molecule has 2 N–H and O–H groups in total. The van der Waals surface area contributed by atoms with Crippen molar-refractivity contribution in [3.05, 3.63) is 10.1 Å². The summed E-state index contributed by atoms with van der Waals surface area (Å²) in [4.78, 5) is 23.0. The van der Waals surface area contributed by atoms with Crippen LogP contribution in [0.4, 0.5) is 23.3 Å². The Morgan fingerprint density at radius 2 is 2.09 bits per heavy atom. The van der Waals surface area contributed by atoms with Gasteiger partial charge in [0.05, 0.1) is 18.1 Å². The number of nitrogens with zero attached hydrogens (tertiary/aromatic N) is 5. The van der Waals surface area contributed by atoms with Crippen molar-refractivity contribution in [2.45, 2.75) is 19.8 Å². The van der Waals surface area contributed by atoms with Crippen LogP contribution >= 0.6 is 0 Å². The van der Waals surface area contributed by atoms with Gasteiger partial charge in [0, 0.05) is 26.7 Å². The number of aromatic nitrogens is 2. The molecule has 1 fully saturated rings. The lowest BCUT2D eigenvalue weighted by Gasteiger charge is -2.28. The lowest BCUT2D eigenvalue weighted by Crippen LogP contribution is -2.37. The van der Waals surface area contributed by atoms with E-state index >= 15 is 0 Å². The Labute approximate surface area is 129 Å². The molecule has 0 amide bonds. The Morgan fingerprint density at radius 3 is 2.68 bits per heavy atom. The zero-order chi connectivity index (χ0) is 16.1. The van der Waals surface area contributed by atoms with Gasteiger partial charge in [-0.2, -0.15) is 9.97 Å². The zero-order valence-corrected chi connectivity index (χ0v) is 13.0. The van der Waals surface area contributed by atoms with Gasteiger partial charge in [-0.1, -0.05) is 13.3 Å². The average molecular weight is 310 g/mol. The number of anilines is 3. The van der Waals surface area contributed by atoms with E-state index in [0.29, 0.717) is 32.3 Å². The van der Waals surface area contributed by atoms with Crippen molar-refractivity contribution in [1.82, 2.24) is 9.97 Å². The molecule has 122 valence electrons. The molecule has 0 aromatic carbocycles. The number of nitrogen functional groups attached to an aromatic ring is 1. The first-order valence-corrected chi connectivity index (χ1v) is 7.40. The molecule has 1 aliphatic rings. The number of unbranched alkanes of at least 4 members (excludes halogenated alkanes) is 1. The second-order valence-corrected chi connectivity index (χ2v) is 5.21. The van der Waals surface area contributed by atoms with Crippen molar-refractivity contribution < 1.29 is 9.66 Å². The van der Waals surface area contributed by atoms with Crippen molar-refractivity contribution >= 4 is 23.3 Å². The molecule has 1 aromatic rings. The van der Waals surface area contributed by atoms with Crippen LogP contribution in [-0.4, -0.2) is 54.8 Å². The first-order chi connectivity index (χ1) is 10.5. The van der Waals surface area contributed by atoms with Gasteiger partial charge in [-0.15, -0.1) is 0 Å². The van der Waals surface area contributed by atoms with Crippen LogP contribution in [-0.2, 0) is 4.74 Å². The van der Waals surface area contributed by atoms with Crippen LogP contribution in [0.25, 0.3) is 0 Å². The Hall–Kier alpha value is -2.16. The van der Waals surface area contributed by atoms with E-state index in [0.717, 1.165) is 19.4 Å². The summed E-state index contributed by atoms with van der Waals surface area (Å²) in [5, 5.41) is 11.3. The summed E-state index contributed by atoms with van der Waals surface area (Å²) >= 11 is 0. The zero-order valence-electron chi connectivity index (χ0n) is 13.0. The average Bonchev–Trinajstić information content (AvgIpc) is 2.52. The second kappa shape index (κ2) is 7.21. The lowest BCUT2D eigenvalue weighted by atomic mass is 10.3. The van der Waals surface area contributed by atoms with Gasteiger partial charge in [-0.3, -0.25) is 10.1 Å². The maximum Gasteiger partial charge on any atom is 0.353 e. The van der Waals surface area contributed by atoms with E-state index in [-0.39, 0.29) is 17.3 Å². The van der Waals surface area contributed by atoms with E-state index in [2.05, 4.69) is 16.9 Å². The number of nitro groups is 1. The van der Waals surface area contributed by atoms with Crippen LogP contribution in [0.15, 0.2) is 0 Å². The van der Waals surface area contributed by atoms with Crippen molar-refractivity contribution in [1.29, 1.82) is 0 Å². The van der Waals surface area contributed by atoms with Gasteiger partial charge in [-0.25, -0.2) is 0 Å². The van der Waals surface area contributed by atoms with Crippen molar-refractivity contribution in [3.63, 3.8) is 0 Å². The molecule has 0 unspecified atom stereocenters. The number of nitrogens with two attached hydrogens (primary N) is 1. The van der Waals surface area contributed by atoms with Crippen LogP contribution in [0.3, 0.4) is 0 Å². The van der Waals surface area contributed by atoms with Gasteiger partial charge in [0.1, 0.15) is 0 Å². The molecule has 1 aromatic heterocycles.